The Morgan fingerprint density at radius 2 is 1.92 bits per heavy atom. The van der Waals surface area contributed by atoms with E-state index in [1.165, 1.54) is 7.05 Å². The molecule has 3 rings (SSSR count). The molecule has 0 unspecified atom stereocenters. The quantitative estimate of drug-likeness (QED) is 0.782. The van der Waals surface area contributed by atoms with E-state index in [0.717, 1.165) is 21.8 Å². The maximum absolute atomic E-state index is 13.1. The smallest absolute Gasteiger partial charge is 0.357 e. The van der Waals surface area contributed by atoms with Gasteiger partial charge in [0.1, 0.15) is 11.8 Å². The lowest BCUT2D eigenvalue weighted by Crippen LogP contribution is -2.56. The second-order valence-corrected chi connectivity index (χ2v) is 5.35. The summed E-state index contributed by atoms with van der Waals surface area (Å²) < 4.78 is 66.6. The van der Waals surface area contributed by atoms with Crippen LogP contribution in [0.5, 0.6) is 0 Å². The summed E-state index contributed by atoms with van der Waals surface area (Å²) >= 11 is 0. The number of aromatic nitrogens is 4. The molecule has 24 heavy (non-hydrogen) atoms. The minimum Gasteiger partial charge on any atom is -0.357 e. The van der Waals surface area contributed by atoms with Gasteiger partial charge < -0.3 is 4.90 Å². The van der Waals surface area contributed by atoms with E-state index >= 15 is 0 Å². The first-order valence-corrected chi connectivity index (χ1v) is 6.62. The molecule has 0 saturated carbocycles. The van der Waals surface area contributed by atoms with Crippen LogP contribution in [-0.4, -0.2) is 39.0 Å². The average Bonchev–Trinajstić information content (AvgIpc) is 2.86. The van der Waals surface area contributed by atoms with Gasteiger partial charge >= 0.3 is 6.18 Å². The highest BCUT2D eigenvalue weighted by Crippen LogP contribution is 2.41. The van der Waals surface area contributed by atoms with E-state index in [1.807, 2.05) is 0 Å². The number of rotatable bonds is 2. The van der Waals surface area contributed by atoms with Gasteiger partial charge in [0.15, 0.2) is 11.4 Å². The number of nitrogens with zero attached hydrogens (tertiary/aromatic N) is 6. The SMILES string of the molecule is Cn1cc(-c2nnc(C#N)cc2N2CC(F)(F)C2)c(C(F)(F)F)n1. The first-order valence-electron chi connectivity index (χ1n) is 6.62. The highest BCUT2D eigenvalue weighted by Gasteiger charge is 2.46. The fourth-order valence-corrected chi connectivity index (χ4v) is 2.42. The van der Waals surface area contributed by atoms with Crippen LogP contribution in [0.15, 0.2) is 12.3 Å². The van der Waals surface area contributed by atoms with Crippen molar-refractivity contribution in [2.75, 3.05) is 18.0 Å². The molecule has 2 aromatic heterocycles. The third kappa shape index (κ3) is 2.75. The van der Waals surface area contributed by atoms with Gasteiger partial charge in [-0.25, -0.2) is 8.78 Å². The van der Waals surface area contributed by atoms with Crippen LogP contribution >= 0.6 is 0 Å². The van der Waals surface area contributed by atoms with Crippen molar-refractivity contribution in [2.24, 2.45) is 7.05 Å². The van der Waals surface area contributed by atoms with Gasteiger partial charge in [-0.1, -0.05) is 0 Å². The molecule has 0 amide bonds. The number of halogens is 5. The van der Waals surface area contributed by atoms with Crippen molar-refractivity contribution < 1.29 is 22.0 Å². The number of alkyl halides is 5. The zero-order valence-corrected chi connectivity index (χ0v) is 12.1. The van der Waals surface area contributed by atoms with Crippen molar-refractivity contribution in [1.29, 1.82) is 5.26 Å². The highest BCUT2D eigenvalue weighted by molar-refractivity contribution is 5.77. The highest BCUT2D eigenvalue weighted by atomic mass is 19.4. The van der Waals surface area contributed by atoms with E-state index < -0.39 is 30.9 Å². The minimum absolute atomic E-state index is 0.00836. The topological polar surface area (TPSA) is 70.6 Å². The third-order valence-corrected chi connectivity index (χ3v) is 3.43. The second kappa shape index (κ2) is 5.12. The summed E-state index contributed by atoms with van der Waals surface area (Å²) in [6, 6.07) is 2.83. The Kier molecular flexibility index (Phi) is 3.43. The zero-order valence-electron chi connectivity index (χ0n) is 12.1. The molecule has 11 heteroatoms. The van der Waals surface area contributed by atoms with Crippen molar-refractivity contribution >= 4 is 5.69 Å². The minimum atomic E-state index is -4.75. The Bertz CT molecular complexity index is 826. The Balaban J connectivity index is 2.14. The standard InChI is InChI=1S/C13H9F5N6/c1-23-4-8(11(22-23)13(16,17)18)10-9(2-7(3-19)20-21-10)24-5-12(14,15)6-24/h2,4H,5-6H2,1H3. The fraction of sp³-hybridized carbons (Fsp3) is 0.385. The van der Waals surface area contributed by atoms with Crippen molar-refractivity contribution in [1.82, 2.24) is 20.0 Å². The van der Waals surface area contributed by atoms with E-state index in [-0.39, 0.29) is 22.6 Å². The maximum atomic E-state index is 13.1. The number of hydrogen-bond donors (Lipinski definition) is 0. The first kappa shape index (κ1) is 16.1. The molecule has 1 aliphatic heterocycles. The van der Waals surface area contributed by atoms with Crippen molar-refractivity contribution in [3.05, 3.63) is 23.7 Å². The summed E-state index contributed by atoms with van der Waals surface area (Å²) in [4.78, 5) is 1.15. The Morgan fingerprint density at radius 1 is 1.25 bits per heavy atom. The Labute approximate surface area is 132 Å². The molecular formula is C13H9F5N6. The molecule has 0 N–H and O–H groups in total. The monoisotopic (exact) mass is 344 g/mol. The predicted octanol–water partition coefficient (Wildman–Crippen LogP) is 2.22. The molecule has 1 fully saturated rings. The van der Waals surface area contributed by atoms with Gasteiger partial charge in [0.2, 0.25) is 0 Å². The summed E-state index contributed by atoms with van der Waals surface area (Å²) in [6.07, 6.45) is -3.66. The summed E-state index contributed by atoms with van der Waals surface area (Å²) in [5.41, 5.74) is -2.01. The molecule has 3 heterocycles. The molecule has 126 valence electrons. The second-order valence-electron chi connectivity index (χ2n) is 5.35. The molecule has 0 radical (unpaired) electrons. The van der Waals surface area contributed by atoms with Gasteiger partial charge in [-0.2, -0.15) is 23.5 Å². The van der Waals surface area contributed by atoms with Gasteiger partial charge in [0.05, 0.1) is 24.3 Å². The molecule has 1 aliphatic rings. The van der Waals surface area contributed by atoms with Crippen molar-refractivity contribution in [3.63, 3.8) is 0 Å². The number of anilines is 1. The van der Waals surface area contributed by atoms with Crippen LogP contribution < -0.4 is 4.90 Å². The third-order valence-electron chi connectivity index (χ3n) is 3.43. The average molecular weight is 344 g/mol. The summed E-state index contributed by atoms with van der Waals surface area (Å²) in [5.74, 6) is -2.94. The van der Waals surface area contributed by atoms with Crippen LogP contribution in [0.4, 0.5) is 27.6 Å². The molecule has 0 aliphatic carbocycles. The van der Waals surface area contributed by atoms with Gasteiger partial charge in [0, 0.05) is 19.3 Å². The molecule has 0 atom stereocenters. The Morgan fingerprint density at radius 3 is 2.46 bits per heavy atom. The largest absolute Gasteiger partial charge is 0.435 e. The van der Waals surface area contributed by atoms with Gasteiger partial charge in [-0.3, -0.25) is 4.68 Å². The van der Waals surface area contributed by atoms with Gasteiger partial charge in [0.25, 0.3) is 5.92 Å². The summed E-state index contributed by atoms with van der Waals surface area (Å²) in [6.45, 7) is -1.34. The van der Waals surface area contributed by atoms with Crippen LogP contribution in [-0.2, 0) is 13.2 Å². The van der Waals surface area contributed by atoms with E-state index in [9.17, 15) is 22.0 Å². The van der Waals surface area contributed by atoms with Crippen LogP contribution in [0.2, 0.25) is 0 Å². The molecule has 6 nitrogen and oxygen atoms in total. The Hall–Kier alpha value is -2.77. The van der Waals surface area contributed by atoms with E-state index in [1.54, 1.807) is 6.07 Å². The van der Waals surface area contributed by atoms with E-state index in [4.69, 9.17) is 5.26 Å². The van der Waals surface area contributed by atoms with Crippen LogP contribution in [0.25, 0.3) is 11.3 Å². The molecule has 0 bridgehead atoms. The first-order chi connectivity index (χ1) is 11.1. The molecule has 0 spiro atoms. The molecular weight excluding hydrogens is 335 g/mol. The lowest BCUT2D eigenvalue weighted by atomic mass is 10.0. The normalized spacial score (nSPS) is 16.6. The van der Waals surface area contributed by atoms with Crippen molar-refractivity contribution in [2.45, 2.75) is 12.1 Å². The van der Waals surface area contributed by atoms with Crippen LogP contribution in [0.3, 0.4) is 0 Å². The predicted molar refractivity (Wildman–Crippen MR) is 71.1 cm³/mol. The lowest BCUT2D eigenvalue weighted by molar-refractivity contribution is -0.141. The maximum Gasteiger partial charge on any atom is 0.435 e. The van der Waals surface area contributed by atoms with E-state index in [2.05, 4.69) is 15.3 Å². The molecule has 0 aromatic carbocycles. The summed E-state index contributed by atoms with van der Waals surface area (Å²) in [7, 11) is 1.30. The van der Waals surface area contributed by atoms with E-state index in [0.29, 0.717) is 0 Å². The van der Waals surface area contributed by atoms with Crippen LogP contribution in [0, 0.1) is 11.3 Å². The van der Waals surface area contributed by atoms with Crippen LogP contribution in [0.1, 0.15) is 11.4 Å². The number of nitriles is 1. The number of hydrogen-bond acceptors (Lipinski definition) is 5. The fourth-order valence-electron chi connectivity index (χ4n) is 2.42. The molecule has 1 saturated heterocycles. The summed E-state index contributed by atoms with van der Waals surface area (Å²) in [5, 5.41) is 19.4. The zero-order chi connectivity index (χ0) is 17.7. The van der Waals surface area contributed by atoms with Gasteiger partial charge in [-0.05, 0) is 0 Å². The number of aryl methyl sites for hydroxylation is 1. The molecule has 2 aromatic rings. The van der Waals surface area contributed by atoms with Crippen molar-refractivity contribution in [3.8, 4) is 17.3 Å². The lowest BCUT2D eigenvalue weighted by Gasteiger charge is -2.40. The van der Waals surface area contributed by atoms with Gasteiger partial charge in [-0.15, -0.1) is 10.2 Å².